The van der Waals surface area contributed by atoms with Crippen LogP contribution in [0, 0.1) is 18.3 Å². The first-order valence-electron chi connectivity index (χ1n) is 6.32. The van der Waals surface area contributed by atoms with Crippen LogP contribution in [0.4, 0.5) is 5.69 Å². The fraction of sp³-hybridized carbons (Fsp3) is 0.143. The van der Waals surface area contributed by atoms with Crippen LogP contribution in [0.15, 0.2) is 30.6 Å². The Bertz CT molecular complexity index is 851. The van der Waals surface area contributed by atoms with Crippen molar-refractivity contribution < 1.29 is 0 Å². The van der Waals surface area contributed by atoms with Crippen LogP contribution in [-0.2, 0) is 7.05 Å². The first-order valence-corrected chi connectivity index (χ1v) is 6.32. The largest absolute Gasteiger partial charge is 0.399 e. The summed E-state index contributed by atoms with van der Waals surface area (Å²) in [5.41, 5.74) is 8.39. The Morgan fingerprint density at radius 2 is 2.10 bits per heavy atom. The Labute approximate surface area is 121 Å². The van der Waals surface area contributed by atoms with Gasteiger partial charge in [0, 0.05) is 18.3 Å². The third-order valence-corrected chi connectivity index (χ3v) is 3.16. The van der Waals surface area contributed by atoms with Crippen LogP contribution >= 0.6 is 0 Å². The van der Waals surface area contributed by atoms with Crippen molar-refractivity contribution in [3.05, 3.63) is 41.9 Å². The lowest BCUT2D eigenvalue weighted by molar-refractivity contribution is 0.693. The van der Waals surface area contributed by atoms with Gasteiger partial charge in [-0.1, -0.05) is 12.1 Å². The first kappa shape index (κ1) is 12.9. The summed E-state index contributed by atoms with van der Waals surface area (Å²) in [5, 5.41) is 17.9. The smallest absolute Gasteiger partial charge is 0.181 e. The van der Waals surface area contributed by atoms with Crippen LogP contribution in [0.25, 0.3) is 17.2 Å². The second-order valence-electron chi connectivity index (χ2n) is 4.66. The molecule has 104 valence electrons. The maximum Gasteiger partial charge on any atom is 0.181 e. The Morgan fingerprint density at radius 1 is 1.29 bits per heavy atom. The molecule has 2 heterocycles. The van der Waals surface area contributed by atoms with Crippen LogP contribution in [-0.4, -0.2) is 24.5 Å². The third kappa shape index (κ3) is 2.12. The monoisotopic (exact) mass is 279 g/mol. The number of benzene rings is 1. The molecule has 0 spiro atoms. The summed E-state index contributed by atoms with van der Waals surface area (Å²) in [6.45, 7) is 1.79. The van der Waals surface area contributed by atoms with E-state index in [1.807, 2.05) is 12.1 Å². The number of nitriles is 1. The van der Waals surface area contributed by atoms with E-state index >= 15 is 0 Å². The average molecular weight is 279 g/mol. The number of nitrogens with zero attached hydrogens (tertiary/aromatic N) is 6. The van der Waals surface area contributed by atoms with Gasteiger partial charge in [-0.3, -0.25) is 0 Å². The fourth-order valence-electron chi connectivity index (χ4n) is 2.21. The van der Waals surface area contributed by atoms with E-state index in [1.54, 1.807) is 41.8 Å². The average Bonchev–Trinajstić information content (AvgIpc) is 3.02. The molecule has 3 rings (SSSR count). The zero-order valence-corrected chi connectivity index (χ0v) is 11.6. The lowest BCUT2D eigenvalue weighted by atomic mass is 10.2. The molecule has 21 heavy (non-hydrogen) atoms. The van der Waals surface area contributed by atoms with Gasteiger partial charge in [-0.2, -0.15) is 10.4 Å². The summed E-state index contributed by atoms with van der Waals surface area (Å²) in [7, 11) is 1.77. The highest BCUT2D eigenvalue weighted by atomic mass is 15.4. The van der Waals surface area contributed by atoms with Crippen molar-refractivity contribution in [3.63, 3.8) is 0 Å². The van der Waals surface area contributed by atoms with E-state index in [0.29, 0.717) is 28.6 Å². The second kappa shape index (κ2) is 4.76. The topological polar surface area (TPSA) is 98.3 Å². The molecule has 0 amide bonds. The van der Waals surface area contributed by atoms with Crippen molar-refractivity contribution in [1.82, 2.24) is 24.5 Å². The summed E-state index contributed by atoms with van der Waals surface area (Å²) >= 11 is 0. The molecule has 2 N–H and O–H groups in total. The van der Waals surface area contributed by atoms with E-state index in [4.69, 9.17) is 5.73 Å². The van der Waals surface area contributed by atoms with Gasteiger partial charge in [0.1, 0.15) is 18.0 Å². The molecule has 3 aromatic rings. The molecular formula is C14H13N7. The first-order chi connectivity index (χ1) is 10.1. The lowest BCUT2D eigenvalue weighted by Gasteiger charge is -2.01. The van der Waals surface area contributed by atoms with E-state index < -0.39 is 0 Å². The number of anilines is 1. The molecule has 0 aliphatic carbocycles. The molecule has 0 bridgehead atoms. The highest BCUT2D eigenvalue weighted by Crippen LogP contribution is 2.20. The molecule has 0 unspecified atom stereocenters. The lowest BCUT2D eigenvalue weighted by Crippen LogP contribution is -2.05. The number of aromatic nitrogens is 5. The number of nitrogen functional groups attached to an aromatic ring is 1. The third-order valence-electron chi connectivity index (χ3n) is 3.16. The maximum absolute atomic E-state index is 9.25. The van der Waals surface area contributed by atoms with E-state index in [-0.39, 0.29) is 0 Å². The Balaban J connectivity index is 2.10. The molecule has 2 aromatic heterocycles. The molecule has 0 fully saturated rings. The van der Waals surface area contributed by atoms with Crippen molar-refractivity contribution in [2.45, 2.75) is 6.92 Å². The molecule has 0 saturated heterocycles. The van der Waals surface area contributed by atoms with E-state index in [0.717, 1.165) is 5.56 Å². The molecule has 0 aliphatic rings. The van der Waals surface area contributed by atoms with Gasteiger partial charge in [-0.05, 0) is 19.1 Å². The normalized spacial score (nSPS) is 10.5. The van der Waals surface area contributed by atoms with Crippen LogP contribution in [0.3, 0.4) is 0 Å². The van der Waals surface area contributed by atoms with Crippen LogP contribution < -0.4 is 5.73 Å². The summed E-state index contributed by atoms with van der Waals surface area (Å²) in [5.74, 6) is 1.14. The Kier molecular flexibility index (Phi) is 2.92. The molecule has 0 saturated carbocycles. The zero-order valence-electron chi connectivity index (χ0n) is 11.6. The van der Waals surface area contributed by atoms with Gasteiger partial charge in [0.2, 0.25) is 0 Å². The van der Waals surface area contributed by atoms with Crippen LogP contribution in [0.5, 0.6) is 0 Å². The van der Waals surface area contributed by atoms with Gasteiger partial charge in [-0.25, -0.2) is 14.3 Å². The SMILES string of the molecule is Cc1nn(C)c(-n2cnc(-c3cccc(N)c3)n2)c1C#N. The van der Waals surface area contributed by atoms with Crippen molar-refractivity contribution in [3.8, 4) is 23.3 Å². The quantitative estimate of drug-likeness (QED) is 0.715. The second-order valence-corrected chi connectivity index (χ2v) is 4.66. The summed E-state index contributed by atoms with van der Waals surface area (Å²) in [6, 6.07) is 9.49. The predicted molar refractivity (Wildman–Crippen MR) is 77.4 cm³/mol. The van der Waals surface area contributed by atoms with Crippen molar-refractivity contribution in [2.75, 3.05) is 5.73 Å². The van der Waals surface area contributed by atoms with Gasteiger partial charge in [0.15, 0.2) is 11.6 Å². The van der Waals surface area contributed by atoms with Gasteiger partial charge in [-0.15, -0.1) is 5.10 Å². The number of hydrogen-bond acceptors (Lipinski definition) is 5. The highest BCUT2D eigenvalue weighted by Gasteiger charge is 2.16. The minimum atomic E-state index is 0.488. The Morgan fingerprint density at radius 3 is 2.81 bits per heavy atom. The van der Waals surface area contributed by atoms with Crippen LogP contribution in [0.1, 0.15) is 11.3 Å². The van der Waals surface area contributed by atoms with Crippen molar-refractivity contribution in [2.24, 2.45) is 7.05 Å². The molecule has 0 aliphatic heterocycles. The minimum Gasteiger partial charge on any atom is -0.399 e. The number of rotatable bonds is 2. The number of nitrogens with two attached hydrogens (primary N) is 1. The van der Waals surface area contributed by atoms with Gasteiger partial charge in [0.05, 0.1) is 5.69 Å². The molecular weight excluding hydrogens is 266 g/mol. The number of aryl methyl sites for hydroxylation is 2. The van der Waals surface area contributed by atoms with Gasteiger partial charge in [0.25, 0.3) is 0 Å². The molecule has 1 aromatic carbocycles. The highest BCUT2D eigenvalue weighted by molar-refractivity contribution is 5.60. The van der Waals surface area contributed by atoms with Crippen molar-refractivity contribution >= 4 is 5.69 Å². The standard InChI is InChI=1S/C14H13N7/c1-9-12(7-15)14(20(2)18-9)21-8-17-13(19-21)10-4-3-5-11(16)6-10/h3-6,8H,16H2,1-2H3. The minimum absolute atomic E-state index is 0.488. The van der Waals surface area contributed by atoms with Crippen molar-refractivity contribution in [1.29, 1.82) is 5.26 Å². The van der Waals surface area contributed by atoms with E-state index in [9.17, 15) is 5.26 Å². The van der Waals surface area contributed by atoms with E-state index in [2.05, 4.69) is 21.3 Å². The molecule has 0 atom stereocenters. The Hall–Kier alpha value is -3.14. The zero-order chi connectivity index (χ0) is 15.0. The molecule has 7 nitrogen and oxygen atoms in total. The fourth-order valence-corrected chi connectivity index (χ4v) is 2.21. The van der Waals surface area contributed by atoms with Gasteiger partial charge < -0.3 is 5.73 Å². The summed E-state index contributed by atoms with van der Waals surface area (Å²) < 4.78 is 3.17. The van der Waals surface area contributed by atoms with Crippen LogP contribution in [0.2, 0.25) is 0 Å². The number of hydrogen-bond donors (Lipinski definition) is 1. The molecule has 0 radical (unpaired) electrons. The van der Waals surface area contributed by atoms with Gasteiger partial charge >= 0.3 is 0 Å². The summed E-state index contributed by atoms with van der Waals surface area (Å²) in [6.07, 6.45) is 1.57. The molecule has 7 heteroatoms. The maximum atomic E-state index is 9.25. The summed E-state index contributed by atoms with van der Waals surface area (Å²) in [4.78, 5) is 4.28. The van der Waals surface area contributed by atoms with E-state index in [1.165, 1.54) is 0 Å². The predicted octanol–water partition coefficient (Wildman–Crippen LogP) is 1.43.